The number of urea groups is 1. The Morgan fingerprint density at radius 3 is 2.18 bits per heavy atom. The van der Waals surface area contributed by atoms with Crippen LogP contribution in [-0.4, -0.2) is 119 Å². The summed E-state index contributed by atoms with van der Waals surface area (Å²) < 4.78 is 0. The first kappa shape index (κ1) is 33.3. The molecule has 0 saturated carbocycles. The Bertz CT molecular complexity index is 1200. The Labute approximate surface area is 263 Å². The molecule has 0 radical (unpaired) electrons. The number of fused-ring (bicyclic) bond motifs is 1. The molecule has 4 fully saturated rings. The maximum absolute atomic E-state index is 13.2. The van der Waals surface area contributed by atoms with E-state index in [4.69, 9.17) is 4.84 Å². The quantitative estimate of drug-likeness (QED) is 0.317. The molecular weight excluding hydrogens is 556 g/mol. The summed E-state index contributed by atoms with van der Waals surface area (Å²) in [5, 5.41) is 0.689. The van der Waals surface area contributed by atoms with Crippen molar-refractivity contribution in [3.05, 3.63) is 72.0 Å². The molecule has 4 amide bonds. The summed E-state index contributed by atoms with van der Waals surface area (Å²) in [7, 11) is 0. The predicted octanol–water partition coefficient (Wildman–Crippen LogP) is 4.58. The van der Waals surface area contributed by atoms with Crippen LogP contribution in [0.4, 0.5) is 9.59 Å². The highest BCUT2D eigenvalue weighted by Gasteiger charge is 2.50. The average Bonchev–Trinajstić information content (AvgIpc) is 3.28. The molecular formula is C34H50N6O4. The van der Waals surface area contributed by atoms with Crippen LogP contribution in [0, 0.1) is 5.92 Å². The standard InChI is InChI=1S/C32H44N6O4.C2H6/c1-4-28(11-10-25(2)3)35-17-19-36(20-18-35)32(41)42-38-30(39)29-24-34(16-21-37(29)31(38)40)23-27-12-14-33(15-13-27)22-26-8-6-5-7-9-26;1-2/h4-11,27,29H,1,12-24H2,2-3H3;1-2H3/b28-11+;. The van der Waals surface area contributed by atoms with Gasteiger partial charge in [0.25, 0.3) is 5.91 Å². The lowest BCUT2D eigenvalue weighted by Crippen LogP contribution is -2.54. The fourth-order valence-corrected chi connectivity index (χ4v) is 6.25. The molecule has 1 aromatic rings. The van der Waals surface area contributed by atoms with E-state index in [-0.39, 0.29) is 0 Å². The molecule has 0 bridgehead atoms. The minimum Gasteiger partial charge on any atom is -0.368 e. The third-order valence-corrected chi connectivity index (χ3v) is 8.71. The van der Waals surface area contributed by atoms with Crippen LogP contribution in [-0.2, 0) is 16.2 Å². The number of benzene rings is 1. The highest BCUT2D eigenvalue weighted by atomic mass is 16.7. The Hall–Kier alpha value is -3.63. The van der Waals surface area contributed by atoms with Gasteiger partial charge in [0.2, 0.25) is 0 Å². The number of carbonyl (C=O) groups excluding carboxylic acids is 3. The van der Waals surface area contributed by atoms with E-state index in [0.717, 1.165) is 51.3 Å². The van der Waals surface area contributed by atoms with Crippen molar-refractivity contribution in [2.75, 3.05) is 65.4 Å². The second kappa shape index (κ2) is 15.9. The smallest absolute Gasteiger partial charge is 0.368 e. The second-order valence-corrected chi connectivity index (χ2v) is 12.0. The topological polar surface area (TPSA) is 79.9 Å². The van der Waals surface area contributed by atoms with E-state index in [2.05, 4.69) is 45.5 Å². The summed E-state index contributed by atoms with van der Waals surface area (Å²) in [5.74, 6) is 0.120. The van der Waals surface area contributed by atoms with Gasteiger partial charge in [0, 0.05) is 64.6 Å². The van der Waals surface area contributed by atoms with Crippen LogP contribution in [0.5, 0.6) is 0 Å². The van der Waals surface area contributed by atoms with Crippen molar-refractivity contribution in [3.8, 4) is 0 Å². The molecule has 0 spiro atoms. The molecule has 10 heteroatoms. The summed E-state index contributed by atoms with van der Waals surface area (Å²) in [6.45, 7) is 19.8. The number of likely N-dealkylation sites (tertiary alicyclic amines) is 1. The zero-order valence-electron chi connectivity index (χ0n) is 27.0. The first-order chi connectivity index (χ1) is 21.3. The molecule has 0 N–H and O–H groups in total. The molecule has 0 aliphatic carbocycles. The van der Waals surface area contributed by atoms with Crippen LogP contribution in [0.15, 0.2) is 66.4 Å². The van der Waals surface area contributed by atoms with E-state index in [1.807, 2.05) is 52.0 Å². The van der Waals surface area contributed by atoms with Gasteiger partial charge in [0.15, 0.2) is 0 Å². The number of allylic oxidation sites excluding steroid dienone is 4. The number of imide groups is 1. The Morgan fingerprint density at radius 2 is 1.55 bits per heavy atom. The molecule has 1 aromatic carbocycles. The fourth-order valence-electron chi connectivity index (χ4n) is 6.25. The molecule has 240 valence electrons. The molecule has 10 nitrogen and oxygen atoms in total. The molecule has 4 saturated heterocycles. The highest BCUT2D eigenvalue weighted by Crippen LogP contribution is 2.26. The largest absolute Gasteiger partial charge is 0.434 e. The third-order valence-electron chi connectivity index (χ3n) is 8.71. The van der Waals surface area contributed by atoms with Gasteiger partial charge in [-0.25, -0.2) is 9.59 Å². The fraction of sp³-hybridized carbons (Fsp3) is 0.559. The van der Waals surface area contributed by atoms with Gasteiger partial charge < -0.3 is 19.5 Å². The average molecular weight is 607 g/mol. The van der Waals surface area contributed by atoms with E-state index >= 15 is 0 Å². The van der Waals surface area contributed by atoms with Crippen molar-refractivity contribution in [1.82, 2.24) is 29.6 Å². The predicted molar refractivity (Wildman–Crippen MR) is 172 cm³/mol. The Balaban J connectivity index is 0.00000216. The van der Waals surface area contributed by atoms with E-state index in [0.29, 0.717) is 50.2 Å². The molecule has 4 heterocycles. The van der Waals surface area contributed by atoms with Gasteiger partial charge in [0.1, 0.15) is 6.04 Å². The number of amides is 4. The molecule has 4 aliphatic heterocycles. The number of carbonyl (C=O) groups is 3. The number of piperidine rings is 1. The lowest BCUT2D eigenvalue weighted by atomic mass is 9.95. The van der Waals surface area contributed by atoms with Gasteiger partial charge >= 0.3 is 12.1 Å². The van der Waals surface area contributed by atoms with Crippen LogP contribution >= 0.6 is 0 Å². The van der Waals surface area contributed by atoms with Gasteiger partial charge in [-0.3, -0.25) is 14.6 Å². The Kier molecular flexibility index (Phi) is 12.0. The maximum atomic E-state index is 13.2. The lowest BCUT2D eigenvalue weighted by molar-refractivity contribution is -0.152. The van der Waals surface area contributed by atoms with Gasteiger partial charge in [-0.2, -0.15) is 0 Å². The van der Waals surface area contributed by atoms with Crippen LogP contribution in [0.3, 0.4) is 0 Å². The van der Waals surface area contributed by atoms with Crippen LogP contribution in [0.1, 0.15) is 46.1 Å². The summed E-state index contributed by atoms with van der Waals surface area (Å²) in [6, 6.07) is 9.44. The van der Waals surface area contributed by atoms with Crippen molar-refractivity contribution in [2.45, 2.75) is 53.1 Å². The molecule has 4 aliphatic rings. The summed E-state index contributed by atoms with van der Waals surface area (Å²) in [4.78, 5) is 54.7. The highest BCUT2D eigenvalue weighted by molar-refractivity contribution is 6.04. The lowest BCUT2D eigenvalue weighted by Gasteiger charge is -2.39. The summed E-state index contributed by atoms with van der Waals surface area (Å²) in [6.07, 6.45) is 7.45. The van der Waals surface area contributed by atoms with Gasteiger partial charge in [-0.15, -0.1) is 0 Å². The number of rotatable bonds is 8. The van der Waals surface area contributed by atoms with Gasteiger partial charge in [-0.1, -0.05) is 67.5 Å². The van der Waals surface area contributed by atoms with Crippen molar-refractivity contribution in [1.29, 1.82) is 0 Å². The van der Waals surface area contributed by atoms with Gasteiger partial charge in [0.05, 0.1) is 0 Å². The van der Waals surface area contributed by atoms with E-state index < -0.39 is 24.1 Å². The van der Waals surface area contributed by atoms with E-state index in [1.165, 1.54) is 11.1 Å². The Morgan fingerprint density at radius 1 is 0.886 bits per heavy atom. The minimum atomic E-state index is -0.663. The van der Waals surface area contributed by atoms with Crippen molar-refractivity contribution < 1.29 is 19.2 Å². The normalized spacial score (nSPS) is 21.9. The van der Waals surface area contributed by atoms with E-state index in [1.54, 1.807) is 9.80 Å². The first-order valence-corrected chi connectivity index (χ1v) is 16.1. The van der Waals surface area contributed by atoms with Crippen molar-refractivity contribution in [2.24, 2.45) is 5.92 Å². The number of hydrogen-bond donors (Lipinski definition) is 0. The molecule has 5 rings (SSSR count). The van der Waals surface area contributed by atoms with Crippen LogP contribution < -0.4 is 0 Å². The second-order valence-electron chi connectivity index (χ2n) is 12.0. The zero-order chi connectivity index (χ0) is 31.6. The molecule has 1 unspecified atom stereocenters. The third kappa shape index (κ3) is 8.30. The summed E-state index contributed by atoms with van der Waals surface area (Å²) >= 11 is 0. The van der Waals surface area contributed by atoms with E-state index in [9.17, 15) is 14.4 Å². The zero-order valence-corrected chi connectivity index (χ0v) is 27.0. The van der Waals surface area contributed by atoms with Crippen LogP contribution in [0.2, 0.25) is 0 Å². The van der Waals surface area contributed by atoms with Crippen LogP contribution in [0.25, 0.3) is 0 Å². The van der Waals surface area contributed by atoms with Crippen molar-refractivity contribution in [3.63, 3.8) is 0 Å². The number of hydrogen-bond acceptors (Lipinski definition) is 7. The summed E-state index contributed by atoms with van der Waals surface area (Å²) in [5.41, 5.74) is 3.53. The monoisotopic (exact) mass is 606 g/mol. The minimum absolute atomic E-state index is 0.431. The number of hydroxylamine groups is 2. The van der Waals surface area contributed by atoms with Gasteiger partial charge in [-0.05, 0) is 63.4 Å². The SMILES string of the molecule is C=C/C(=C\C=C(C)C)N1CCN(C(=O)ON2C(=O)C3CN(CC4CCN(Cc5ccccc5)CC4)CCN3C2=O)CC1.CC. The maximum Gasteiger partial charge on any atom is 0.434 e. The first-order valence-electron chi connectivity index (χ1n) is 16.1. The molecule has 44 heavy (non-hydrogen) atoms. The van der Waals surface area contributed by atoms with Crippen molar-refractivity contribution >= 4 is 18.0 Å². The molecule has 0 aromatic heterocycles. The number of nitrogens with zero attached hydrogens (tertiary/aromatic N) is 6. The molecule has 1 atom stereocenters. The number of piperazine rings is 2.